The molecule has 2 aromatic rings. The smallest absolute Gasteiger partial charge is 0.263 e. The molecule has 21 heavy (non-hydrogen) atoms. The highest BCUT2D eigenvalue weighted by atomic mass is 32.2. The van der Waals surface area contributed by atoms with Crippen LogP contribution in [-0.4, -0.2) is 27.9 Å². The molecule has 1 amide bonds. The summed E-state index contributed by atoms with van der Waals surface area (Å²) in [5.41, 5.74) is 7.78. The maximum absolute atomic E-state index is 12.4. The monoisotopic (exact) mass is 321 g/mol. The number of amides is 1. The number of rotatable bonds is 3. The van der Waals surface area contributed by atoms with Crippen LogP contribution in [-0.2, 0) is 0 Å². The second-order valence-electron chi connectivity index (χ2n) is 5.74. The van der Waals surface area contributed by atoms with Crippen LogP contribution in [0.5, 0.6) is 0 Å². The van der Waals surface area contributed by atoms with Crippen LogP contribution in [0.2, 0.25) is 0 Å². The molecule has 0 radical (unpaired) electrons. The van der Waals surface area contributed by atoms with Crippen molar-refractivity contribution >= 4 is 44.9 Å². The third-order valence-electron chi connectivity index (χ3n) is 3.97. The first-order valence-electron chi connectivity index (χ1n) is 7.06. The molecule has 6 heteroatoms. The number of carbonyl (C=O) groups excluding carboxylic acids is 1. The summed E-state index contributed by atoms with van der Waals surface area (Å²) in [6.07, 6.45) is 4.14. The SMILES string of the molecule is Cc1ccnc2sc(C(=O)NCC3(C)CCCS3)c(N)c12. The number of nitrogens with one attached hydrogen (secondary N) is 1. The van der Waals surface area contributed by atoms with Crippen LogP contribution in [0.1, 0.15) is 35.0 Å². The van der Waals surface area contributed by atoms with Crippen LogP contribution >= 0.6 is 23.1 Å². The number of nitrogen functional groups attached to an aromatic ring is 1. The molecule has 1 aliphatic heterocycles. The fraction of sp³-hybridized carbons (Fsp3) is 0.467. The summed E-state index contributed by atoms with van der Waals surface area (Å²) in [5.74, 6) is 1.10. The molecule has 0 bridgehead atoms. The van der Waals surface area contributed by atoms with Crippen LogP contribution in [0.25, 0.3) is 10.2 Å². The van der Waals surface area contributed by atoms with Gasteiger partial charge < -0.3 is 11.1 Å². The Labute approximate surface area is 132 Å². The number of nitrogens with zero attached hydrogens (tertiary/aromatic N) is 1. The van der Waals surface area contributed by atoms with Gasteiger partial charge in [0.25, 0.3) is 5.91 Å². The summed E-state index contributed by atoms with van der Waals surface area (Å²) >= 11 is 3.31. The number of carbonyl (C=O) groups is 1. The lowest BCUT2D eigenvalue weighted by molar-refractivity contribution is 0.0955. The number of anilines is 1. The van der Waals surface area contributed by atoms with Gasteiger partial charge in [-0.15, -0.1) is 11.3 Å². The zero-order chi connectivity index (χ0) is 15.0. The van der Waals surface area contributed by atoms with Gasteiger partial charge in [0.1, 0.15) is 9.71 Å². The number of fused-ring (bicyclic) bond motifs is 1. The predicted octanol–water partition coefficient (Wildman–Crippen LogP) is 3.20. The van der Waals surface area contributed by atoms with E-state index in [2.05, 4.69) is 17.2 Å². The molecule has 2 aromatic heterocycles. The average Bonchev–Trinajstić information content (AvgIpc) is 3.02. The van der Waals surface area contributed by atoms with Crippen molar-refractivity contribution in [3.63, 3.8) is 0 Å². The Morgan fingerprint density at radius 1 is 1.57 bits per heavy atom. The van der Waals surface area contributed by atoms with Crippen molar-refractivity contribution in [2.45, 2.75) is 31.4 Å². The minimum atomic E-state index is -0.0800. The van der Waals surface area contributed by atoms with E-state index in [4.69, 9.17) is 5.73 Å². The number of aromatic nitrogens is 1. The minimum Gasteiger partial charge on any atom is -0.397 e. The standard InChI is InChI=1S/C15H19N3OS2/c1-9-4-6-17-14-10(9)11(16)12(21-14)13(19)18-8-15(2)5-3-7-20-15/h4,6H,3,5,7-8,16H2,1-2H3,(H,18,19). The van der Waals surface area contributed by atoms with Gasteiger partial charge in [-0.05, 0) is 44.1 Å². The minimum absolute atomic E-state index is 0.0800. The maximum atomic E-state index is 12.4. The Kier molecular flexibility index (Phi) is 3.84. The number of hydrogen-bond donors (Lipinski definition) is 2. The zero-order valence-electron chi connectivity index (χ0n) is 12.2. The van der Waals surface area contributed by atoms with E-state index in [1.165, 1.54) is 23.5 Å². The van der Waals surface area contributed by atoms with Crippen LogP contribution in [0.3, 0.4) is 0 Å². The molecule has 1 atom stereocenters. The van der Waals surface area contributed by atoms with E-state index in [0.717, 1.165) is 22.2 Å². The van der Waals surface area contributed by atoms with E-state index in [1.54, 1.807) is 6.20 Å². The fourth-order valence-electron chi connectivity index (χ4n) is 2.70. The summed E-state index contributed by atoms with van der Waals surface area (Å²) in [7, 11) is 0. The third kappa shape index (κ3) is 2.74. The maximum Gasteiger partial charge on any atom is 0.263 e. The first-order chi connectivity index (χ1) is 10.0. The zero-order valence-corrected chi connectivity index (χ0v) is 13.9. The van der Waals surface area contributed by atoms with Gasteiger partial charge in [-0.3, -0.25) is 4.79 Å². The van der Waals surface area contributed by atoms with Gasteiger partial charge in [0.05, 0.1) is 5.69 Å². The van der Waals surface area contributed by atoms with Gasteiger partial charge in [-0.1, -0.05) is 0 Å². The summed E-state index contributed by atoms with van der Waals surface area (Å²) in [6.45, 7) is 4.90. The first-order valence-corrected chi connectivity index (χ1v) is 8.86. The van der Waals surface area contributed by atoms with Gasteiger partial charge >= 0.3 is 0 Å². The van der Waals surface area contributed by atoms with Crippen LogP contribution < -0.4 is 11.1 Å². The van der Waals surface area contributed by atoms with Gasteiger partial charge in [-0.25, -0.2) is 4.98 Å². The topological polar surface area (TPSA) is 68.0 Å². The second kappa shape index (κ2) is 5.50. The van der Waals surface area contributed by atoms with Crippen LogP contribution in [0.4, 0.5) is 5.69 Å². The lowest BCUT2D eigenvalue weighted by Gasteiger charge is -2.22. The molecule has 0 spiro atoms. The quantitative estimate of drug-likeness (QED) is 0.911. The Bertz CT molecular complexity index is 690. The third-order valence-corrected chi connectivity index (χ3v) is 6.62. The molecule has 1 aliphatic rings. The van der Waals surface area contributed by atoms with Gasteiger partial charge in [0, 0.05) is 22.9 Å². The molecular formula is C15H19N3OS2. The second-order valence-corrected chi connectivity index (χ2v) is 8.42. The van der Waals surface area contributed by atoms with Crippen LogP contribution in [0.15, 0.2) is 12.3 Å². The Morgan fingerprint density at radius 3 is 3.05 bits per heavy atom. The van der Waals surface area contributed by atoms with Gasteiger partial charge in [-0.2, -0.15) is 11.8 Å². The normalized spacial score (nSPS) is 21.8. The number of nitrogens with two attached hydrogens (primary N) is 1. The molecule has 3 N–H and O–H groups in total. The molecule has 1 saturated heterocycles. The summed E-state index contributed by atoms with van der Waals surface area (Å²) in [5, 5.41) is 3.96. The number of aryl methyl sites for hydroxylation is 1. The summed E-state index contributed by atoms with van der Waals surface area (Å²) in [6, 6.07) is 1.92. The lowest BCUT2D eigenvalue weighted by atomic mass is 10.1. The van der Waals surface area contributed by atoms with Gasteiger partial charge in [0.15, 0.2) is 0 Å². The summed E-state index contributed by atoms with van der Waals surface area (Å²) < 4.78 is 0.162. The van der Waals surface area contributed by atoms with Crippen molar-refractivity contribution in [3.05, 3.63) is 22.7 Å². The van der Waals surface area contributed by atoms with E-state index < -0.39 is 0 Å². The van der Waals surface area contributed by atoms with Crippen molar-refractivity contribution in [2.75, 3.05) is 18.0 Å². The van der Waals surface area contributed by atoms with Crippen molar-refractivity contribution in [2.24, 2.45) is 0 Å². The molecule has 112 valence electrons. The van der Waals surface area contributed by atoms with Gasteiger partial charge in [0.2, 0.25) is 0 Å². The van der Waals surface area contributed by atoms with Crippen molar-refractivity contribution in [1.29, 1.82) is 0 Å². The first kappa shape index (κ1) is 14.7. The van der Waals surface area contributed by atoms with E-state index >= 15 is 0 Å². The van der Waals surface area contributed by atoms with E-state index in [9.17, 15) is 4.79 Å². The average molecular weight is 321 g/mol. The van der Waals surface area contributed by atoms with E-state index in [1.807, 2.05) is 24.8 Å². The number of thiophene rings is 1. The highest BCUT2D eigenvalue weighted by Gasteiger charge is 2.30. The highest BCUT2D eigenvalue weighted by molar-refractivity contribution is 8.00. The number of hydrogen-bond acceptors (Lipinski definition) is 5. The molecule has 0 aromatic carbocycles. The molecule has 3 heterocycles. The number of thioether (sulfide) groups is 1. The highest BCUT2D eigenvalue weighted by Crippen LogP contribution is 2.38. The Balaban J connectivity index is 1.82. The van der Waals surface area contributed by atoms with Crippen molar-refractivity contribution in [1.82, 2.24) is 10.3 Å². The number of pyridine rings is 1. The fourth-order valence-corrected chi connectivity index (χ4v) is 5.00. The van der Waals surface area contributed by atoms with E-state index in [-0.39, 0.29) is 10.7 Å². The Morgan fingerprint density at radius 2 is 2.38 bits per heavy atom. The molecule has 1 unspecified atom stereocenters. The van der Waals surface area contributed by atoms with Crippen LogP contribution in [0, 0.1) is 6.92 Å². The molecule has 4 nitrogen and oxygen atoms in total. The molecule has 3 rings (SSSR count). The van der Waals surface area contributed by atoms with Crippen molar-refractivity contribution < 1.29 is 4.79 Å². The van der Waals surface area contributed by atoms with E-state index in [0.29, 0.717) is 17.1 Å². The molecule has 0 aliphatic carbocycles. The molecular weight excluding hydrogens is 302 g/mol. The molecule has 0 saturated carbocycles. The largest absolute Gasteiger partial charge is 0.397 e. The lowest BCUT2D eigenvalue weighted by Crippen LogP contribution is -2.36. The summed E-state index contributed by atoms with van der Waals surface area (Å²) in [4.78, 5) is 18.2. The van der Waals surface area contributed by atoms with Crippen molar-refractivity contribution in [3.8, 4) is 0 Å². The molecule has 1 fully saturated rings. The Hall–Kier alpha value is -1.27. The predicted molar refractivity (Wildman–Crippen MR) is 91.2 cm³/mol.